The van der Waals surface area contributed by atoms with Crippen LogP contribution < -0.4 is 20.4 Å². The largest absolute Gasteiger partial charge is 0.481 e. The number of hydrogen-bond acceptors (Lipinski definition) is 5. The molecule has 2 aliphatic heterocycles. The summed E-state index contributed by atoms with van der Waals surface area (Å²) in [5, 5.41) is 12.3. The molecule has 1 aromatic carbocycles. The third kappa shape index (κ3) is 2.50. The van der Waals surface area contributed by atoms with Crippen molar-refractivity contribution in [3.63, 3.8) is 0 Å². The predicted octanol–water partition coefficient (Wildman–Crippen LogP) is 0.979. The van der Waals surface area contributed by atoms with Crippen LogP contribution in [-0.2, 0) is 6.54 Å². The molecule has 0 aliphatic carbocycles. The number of rotatable bonds is 3. The Labute approximate surface area is 146 Å². The average Bonchev–Trinajstić information content (AvgIpc) is 2.64. The Morgan fingerprint density at radius 1 is 1.38 bits per heavy atom. The van der Waals surface area contributed by atoms with Crippen molar-refractivity contribution in [3.8, 4) is 5.75 Å². The van der Waals surface area contributed by atoms with Gasteiger partial charge in [-0.05, 0) is 6.07 Å². The zero-order valence-electron chi connectivity index (χ0n) is 13.8. The van der Waals surface area contributed by atoms with Crippen molar-refractivity contribution in [2.75, 3.05) is 37.8 Å². The molecular formula is C17H17F2N3O4. The highest BCUT2D eigenvalue weighted by Crippen LogP contribution is 2.41. The second-order valence-corrected chi connectivity index (χ2v) is 6.39. The molecule has 2 aliphatic rings. The molecule has 0 spiro atoms. The van der Waals surface area contributed by atoms with Gasteiger partial charge in [-0.3, -0.25) is 4.79 Å². The molecule has 3 heterocycles. The smallest absolute Gasteiger partial charge is 0.341 e. The van der Waals surface area contributed by atoms with E-state index in [0.717, 1.165) is 6.07 Å². The van der Waals surface area contributed by atoms with Gasteiger partial charge in [0.25, 0.3) is 0 Å². The molecule has 2 aromatic rings. The molecule has 4 rings (SSSR count). The standard InChI is InChI=1S/C17H17F2N3O4/c18-6-9-7-22-8-11(17(24)25)15(23)10-5-12(19)14(16(26-9)13(10)22)21-3-1-20-2-4-21/h5,8-9,20H,1-4,6-7H2,(H,24,25). The number of nitrogens with one attached hydrogen (secondary N) is 1. The monoisotopic (exact) mass is 365 g/mol. The SMILES string of the molecule is O=C(O)c1cn2c3c(c(N4CCNCC4)c(F)cc3c1=O)OC(CF)C2. The Hall–Kier alpha value is -2.68. The highest BCUT2D eigenvalue weighted by atomic mass is 19.1. The van der Waals surface area contributed by atoms with E-state index in [1.807, 2.05) is 0 Å². The van der Waals surface area contributed by atoms with Gasteiger partial charge in [-0.25, -0.2) is 13.6 Å². The summed E-state index contributed by atoms with van der Waals surface area (Å²) in [5.74, 6) is -1.98. The summed E-state index contributed by atoms with van der Waals surface area (Å²) in [6, 6.07) is 1.06. The van der Waals surface area contributed by atoms with E-state index in [2.05, 4.69) is 5.32 Å². The van der Waals surface area contributed by atoms with E-state index in [4.69, 9.17) is 4.74 Å². The van der Waals surface area contributed by atoms with E-state index in [1.54, 1.807) is 4.90 Å². The number of anilines is 1. The lowest BCUT2D eigenvalue weighted by atomic mass is 10.1. The van der Waals surface area contributed by atoms with Crippen molar-refractivity contribution in [1.82, 2.24) is 9.88 Å². The van der Waals surface area contributed by atoms with Crippen LogP contribution in [0.25, 0.3) is 10.9 Å². The number of aromatic nitrogens is 1. The maximum Gasteiger partial charge on any atom is 0.341 e. The summed E-state index contributed by atoms with van der Waals surface area (Å²) >= 11 is 0. The van der Waals surface area contributed by atoms with Crippen LogP contribution in [0.3, 0.4) is 0 Å². The molecule has 1 aromatic heterocycles. The first-order chi connectivity index (χ1) is 12.5. The van der Waals surface area contributed by atoms with E-state index >= 15 is 0 Å². The van der Waals surface area contributed by atoms with E-state index < -0.39 is 35.6 Å². The molecular weight excluding hydrogens is 348 g/mol. The molecule has 138 valence electrons. The van der Waals surface area contributed by atoms with Gasteiger partial charge in [0, 0.05) is 32.4 Å². The van der Waals surface area contributed by atoms with Gasteiger partial charge >= 0.3 is 5.97 Å². The van der Waals surface area contributed by atoms with Crippen molar-refractivity contribution < 1.29 is 23.4 Å². The van der Waals surface area contributed by atoms with Gasteiger partial charge in [0.15, 0.2) is 11.6 Å². The third-order valence-corrected chi connectivity index (χ3v) is 4.76. The number of halogens is 2. The Morgan fingerprint density at radius 3 is 2.77 bits per heavy atom. The number of carboxylic acid groups (broad SMARTS) is 1. The Morgan fingerprint density at radius 2 is 2.12 bits per heavy atom. The van der Waals surface area contributed by atoms with Crippen molar-refractivity contribution in [2.24, 2.45) is 0 Å². The van der Waals surface area contributed by atoms with Gasteiger partial charge in [-0.2, -0.15) is 0 Å². The van der Waals surface area contributed by atoms with Crippen LogP contribution in [0.4, 0.5) is 14.5 Å². The zero-order chi connectivity index (χ0) is 18.4. The molecule has 1 saturated heterocycles. The van der Waals surface area contributed by atoms with Crippen molar-refractivity contribution in [2.45, 2.75) is 12.6 Å². The molecule has 1 fully saturated rings. The maximum absolute atomic E-state index is 14.9. The van der Waals surface area contributed by atoms with E-state index in [1.165, 1.54) is 10.8 Å². The second-order valence-electron chi connectivity index (χ2n) is 6.39. The number of aromatic carboxylic acids is 1. The van der Waals surface area contributed by atoms with Crippen LogP contribution in [0.2, 0.25) is 0 Å². The van der Waals surface area contributed by atoms with Gasteiger partial charge in [-0.15, -0.1) is 0 Å². The van der Waals surface area contributed by atoms with Crippen molar-refractivity contribution in [3.05, 3.63) is 33.9 Å². The van der Waals surface area contributed by atoms with Gasteiger partial charge in [0.05, 0.1) is 17.4 Å². The van der Waals surface area contributed by atoms with E-state index in [0.29, 0.717) is 31.7 Å². The van der Waals surface area contributed by atoms with E-state index in [-0.39, 0.29) is 23.4 Å². The number of ether oxygens (including phenoxy) is 1. The number of nitrogens with zero attached hydrogens (tertiary/aromatic N) is 2. The van der Waals surface area contributed by atoms with E-state index in [9.17, 15) is 23.5 Å². The molecule has 0 amide bonds. The molecule has 1 unspecified atom stereocenters. The van der Waals surface area contributed by atoms with Crippen molar-refractivity contribution >= 4 is 22.6 Å². The van der Waals surface area contributed by atoms with Gasteiger partial charge in [-0.1, -0.05) is 0 Å². The number of piperazine rings is 1. The fourth-order valence-corrected chi connectivity index (χ4v) is 3.58. The minimum Gasteiger partial charge on any atom is -0.481 e. The predicted molar refractivity (Wildman–Crippen MR) is 90.6 cm³/mol. The van der Waals surface area contributed by atoms with Crippen LogP contribution in [0.15, 0.2) is 17.1 Å². The average molecular weight is 365 g/mol. The van der Waals surface area contributed by atoms with Crippen LogP contribution in [0.1, 0.15) is 10.4 Å². The lowest BCUT2D eigenvalue weighted by Crippen LogP contribution is -2.44. The van der Waals surface area contributed by atoms with Crippen LogP contribution in [-0.4, -0.2) is 54.6 Å². The molecule has 0 radical (unpaired) electrons. The minimum absolute atomic E-state index is 0.0488. The Bertz CT molecular complexity index is 953. The van der Waals surface area contributed by atoms with Crippen LogP contribution in [0.5, 0.6) is 5.75 Å². The maximum atomic E-state index is 14.9. The molecule has 0 saturated carbocycles. The Balaban J connectivity index is 2.03. The van der Waals surface area contributed by atoms with Crippen LogP contribution in [0, 0.1) is 5.82 Å². The number of alkyl halides is 1. The zero-order valence-corrected chi connectivity index (χ0v) is 13.8. The normalized spacial score (nSPS) is 19.5. The van der Waals surface area contributed by atoms with Gasteiger partial charge < -0.3 is 24.6 Å². The van der Waals surface area contributed by atoms with Gasteiger partial charge in [0.2, 0.25) is 5.43 Å². The molecule has 7 nitrogen and oxygen atoms in total. The summed E-state index contributed by atoms with van der Waals surface area (Å²) in [4.78, 5) is 25.6. The van der Waals surface area contributed by atoms with Crippen molar-refractivity contribution in [1.29, 1.82) is 0 Å². The number of hydrogen-bond donors (Lipinski definition) is 2. The molecule has 0 bridgehead atoms. The lowest BCUT2D eigenvalue weighted by Gasteiger charge is -2.34. The summed E-state index contributed by atoms with van der Waals surface area (Å²) in [6.07, 6.45) is 0.305. The first-order valence-electron chi connectivity index (χ1n) is 8.32. The summed E-state index contributed by atoms with van der Waals surface area (Å²) < 4.78 is 35.4. The number of carbonyl (C=O) groups is 1. The second kappa shape index (κ2) is 6.24. The quantitative estimate of drug-likeness (QED) is 0.844. The number of carboxylic acids is 1. The lowest BCUT2D eigenvalue weighted by molar-refractivity contribution is 0.0693. The van der Waals surface area contributed by atoms with Gasteiger partial charge in [0.1, 0.15) is 24.0 Å². The Kier molecular flexibility index (Phi) is 4.03. The fourth-order valence-electron chi connectivity index (χ4n) is 3.58. The fraction of sp³-hybridized carbons (Fsp3) is 0.412. The third-order valence-electron chi connectivity index (χ3n) is 4.76. The first kappa shape index (κ1) is 16.8. The molecule has 1 atom stereocenters. The topological polar surface area (TPSA) is 83.8 Å². The molecule has 9 heteroatoms. The number of pyridine rings is 1. The highest BCUT2D eigenvalue weighted by molar-refractivity contribution is 5.97. The minimum atomic E-state index is -1.41. The summed E-state index contributed by atoms with van der Waals surface area (Å²) in [6.45, 7) is 1.63. The van der Waals surface area contributed by atoms with Crippen LogP contribution >= 0.6 is 0 Å². The molecule has 2 N–H and O–H groups in total. The highest BCUT2D eigenvalue weighted by Gasteiger charge is 2.31. The number of benzene rings is 1. The first-order valence-corrected chi connectivity index (χ1v) is 8.32. The summed E-state index contributed by atoms with van der Waals surface area (Å²) in [5.41, 5.74) is -0.761. The summed E-state index contributed by atoms with van der Waals surface area (Å²) in [7, 11) is 0. The molecule has 26 heavy (non-hydrogen) atoms.